The monoisotopic (exact) mass is 375 g/mol. The van der Waals surface area contributed by atoms with Crippen LogP contribution in [0, 0.1) is 25.6 Å². The van der Waals surface area contributed by atoms with Crippen molar-refractivity contribution in [3.63, 3.8) is 0 Å². The van der Waals surface area contributed by atoms with E-state index in [2.05, 4.69) is 4.98 Å². The Bertz CT molecular complexity index is 1420. The molecule has 0 radical (unpaired) electrons. The summed E-state index contributed by atoms with van der Waals surface area (Å²) in [5, 5.41) is 2.92. The number of fused-ring (bicyclic) bond motifs is 4. The van der Waals surface area contributed by atoms with Gasteiger partial charge in [-0.05, 0) is 48.6 Å². The van der Waals surface area contributed by atoms with Gasteiger partial charge >= 0.3 is 0 Å². The van der Waals surface area contributed by atoms with Crippen LogP contribution in [0.15, 0.2) is 53.1 Å². The number of aromatic nitrogens is 2. The molecule has 2 aromatic carbocycles. The van der Waals surface area contributed by atoms with Gasteiger partial charge in [-0.2, -0.15) is 9.37 Å². The summed E-state index contributed by atoms with van der Waals surface area (Å²) in [4.78, 5) is 3.83. The maximum Gasteiger partial charge on any atom is 0.230 e. The Morgan fingerprint density at radius 3 is 2.54 bits per heavy atom. The molecule has 0 fully saturated rings. The van der Waals surface area contributed by atoms with E-state index in [4.69, 9.17) is 4.42 Å². The predicted molar refractivity (Wildman–Crippen MR) is 105 cm³/mol. The molecule has 0 bridgehead atoms. The standard InChI is InChI=1S/C23H17F2N2O/c1-12-13(2)20(25)19-16-8-9-17(24)26-23(16)28-22(19)18(12)21-15-7-5-4-6-14(15)10-11-27(21)3/h4-11H,1-3H3/q+1. The SMILES string of the molecule is Cc1c(C)c(F)c2c(oc3nc(F)ccc32)c1-c1c2ccccc2cc[n+]1C. The van der Waals surface area contributed by atoms with E-state index in [0.717, 1.165) is 27.6 Å². The first-order valence-corrected chi connectivity index (χ1v) is 9.02. The summed E-state index contributed by atoms with van der Waals surface area (Å²) in [6, 6.07) is 12.8. The summed E-state index contributed by atoms with van der Waals surface area (Å²) in [5.41, 5.74) is 3.54. The number of rotatable bonds is 1. The van der Waals surface area contributed by atoms with Crippen molar-refractivity contribution in [3.8, 4) is 11.3 Å². The first-order valence-electron chi connectivity index (χ1n) is 9.02. The van der Waals surface area contributed by atoms with Gasteiger partial charge in [-0.25, -0.2) is 8.96 Å². The molecule has 0 aliphatic rings. The van der Waals surface area contributed by atoms with E-state index in [0.29, 0.717) is 21.9 Å². The second kappa shape index (κ2) is 5.83. The molecule has 3 heterocycles. The molecular weight excluding hydrogens is 358 g/mol. The number of nitrogens with zero attached hydrogens (tertiary/aromatic N) is 2. The van der Waals surface area contributed by atoms with Crippen LogP contribution in [0.25, 0.3) is 44.1 Å². The summed E-state index contributed by atoms with van der Waals surface area (Å²) < 4.78 is 36.8. The van der Waals surface area contributed by atoms with Crippen molar-refractivity contribution < 1.29 is 17.8 Å². The van der Waals surface area contributed by atoms with Crippen molar-refractivity contribution in [1.29, 1.82) is 0 Å². The van der Waals surface area contributed by atoms with E-state index in [1.54, 1.807) is 6.92 Å². The Kier molecular flexibility index (Phi) is 3.50. The van der Waals surface area contributed by atoms with Crippen LogP contribution in [0.3, 0.4) is 0 Å². The normalized spacial score (nSPS) is 11.8. The second-order valence-electron chi connectivity index (χ2n) is 7.09. The van der Waals surface area contributed by atoms with Gasteiger partial charge in [-0.15, -0.1) is 0 Å². The van der Waals surface area contributed by atoms with Gasteiger partial charge in [0.2, 0.25) is 17.4 Å². The summed E-state index contributed by atoms with van der Waals surface area (Å²) >= 11 is 0. The van der Waals surface area contributed by atoms with E-state index in [1.165, 1.54) is 12.1 Å². The third kappa shape index (κ3) is 2.19. The number of hydrogen-bond donors (Lipinski definition) is 0. The molecule has 0 amide bonds. The molecule has 0 saturated heterocycles. The van der Waals surface area contributed by atoms with Gasteiger partial charge in [0, 0.05) is 6.07 Å². The quantitative estimate of drug-likeness (QED) is 0.285. The van der Waals surface area contributed by atoms with Crippen LogP contribution in [-0.4, -0.2) is 4.98 Å². The van der Waals surface area contributed by atoms with Crippen molar-refractivity contribution in [3.05, 3.63) is 71.6 Å². The van der Waals surface area contributed by atoms with Gasteiger partial charge in [-0.3, -0.25) is 0 Å². The number of furan rings is 1. The number of aryl methyl sites for hydroxylation is 1. The van der Waals surface area contributed by atoms with E-state index in [9.17, 15) is 4.39 Å². The lowest BCUT2D eigenvalue weighted by atomic mass is 9.93. The molecule has 0 saturated carbocycles. The summed E-state index contributed by atoms with van der Waals surface area (Å²) in [7, 11) is 1.95. The largest absolute Gasteiger partial charge is 0.437 e. The summed E-state index contributed by atoms with van der Waals surface area (Å²) in [6.45, 7) is 3.64. The van der Waals surface area contributed by atoms with Crippen molar-refractivity contribution in [2.75, 3.05) is 0 Å². The Morgan fingerprint density at radius 1 is 0.929 bits per heavy atom. The molecule has 5 aromatic rings. The van der Waals surface area contributed by atoms with Crippen LogP contribution in [-0.2, 0) is 7.05 Å². The number of benzene rings is 2. The van der Waals surface area contributed by atoms with E-state index in [-0.39, 0.29) is 11.5 Å². The summed E-state index contributed by atoms with van der Waals surface area (Å²) in [6.07, 6.45) is 1.97. The Labute approximate surface area is 159 Å². The van der Waals surface area contributed by atoms with Crippen molar-refractivity contribution in [2.24, 2.45) is 7.05 Å². The minimum atomic E-state index is -0.655. The molecule has 0 aliphatic heterocycles. The first-order chi connectivity index (χ1) is 13.5. The van der Waals surface area contributed by atoms with Gasteiger partial charge in [0.1, 0.15) is 12.9 Å². The molecule has 28 heavy (non-hydrogen) atoms. The molecule has 0 atom stereocenters. The highest BCUT2D eigenvalue weighted by molar-refractivity contribution is 6.11. The van der Waals surface area contributed by atoms with Crippen LogP contribution in [0.1, 0.15) is 11.1 Å². The Morgan fingerprint density at radius 2 is 1.71 bits per heavy atom. The van der Waals surface area contributed by atoms with Crippen molar-refractivity contribution in [2.45, 2.75) is 13.8 Å². The molecule has 5 heteroatoms. The van der Waals surface area contributed by atoms with Gasteiger partial charge in [0.25, 0.3) is 0 Å². The number of hydrogen-bond acceptors (Lipinski definition) is 2. The van der Waals surface area contributed by atoms with Gasteiger partial charge in [0.15, 0.2) is 11.8 Å². The average Bonchev–Trinajstić information content (AvgIpc) is 3.06. The minimum Gasteiger partial charge on any atom is -0.437 e. The van der Waals surface area contributed by atoms with Gasteiger partial charge < -0.3 is 4.42 Å². The predicted octanol–water partition coefficient (Wildman–Crippen LogP) is 5.52. The molecule has 3 aromatic heterocycles. The minimum absolute atomic E-state index is 0.100. The molecule has 0 unspecified atom stereocenters. The van der Waals surface area contributed by atoms with Crippen LogP contribution in [0.2, 0.25) is 0 Å². The zero-order chi connectivity index (χ0) is 19.6. The Balaban J connectivity index is 2.05. The number of pyridine rings is 2. The first kappa shape index (κ1) is 16.8. The van der Waals surface area contributed by atoms with Crippen LogP contribution in [0.4, 0.5) is 8.78 Å². The third-order valence-electron chi connectivity index (χ3n) is 5.52. The maximum atomic E-state index is 15.2. The lowest BCUT2D eigenvalue weighted by Gasteiger charge is -2.12. The van der Waals surface area contributed by atoms with Crippen LogP contribution in [0.5, 0.6) is 0 Å². The molecule has 0 N–H and O–H groups in total. The lowest BCUT2D eigenvalue weighted by molar-refractivity contribution is -0.659. The van der Waals surface area contributed by atoms with Crippen molar-refractivity contribution in [1.82, 2.24) is 4.98 Å². The molecule has 0 aliphatic carbocycles. The number of halogens is 2. The molecule has 3 nitrogen and oxygen atoms in total. The molecule has 5 rings (SSSR count). The van der Waals surface area contributed by atoms with E-state index < -0.39 is 5.95 Å². The lowest BCUT2D eigenvalue weighted by Crippen LogP contribution is -2.31. The van der Waals surface area contributed by atoms with E-state index >= 15 is 4.39 Å². The molecule has 0 spiro atoms. The van der Waals surface area contributed by atoms with Gasteiger partial charge in [0.05, 0.1) is 21.7 Å². The van der Waals surface area contributed by atoms with Crippen molar-refractivity contribution >= 4 is 32.8 Å². The second-order valence-corrected chi connectivity index (χ2v) is 7.09. The fourth-order valence-electron chi connectivity index (χ4n) is 3.97. The average molecular weight is 375 g/mol. The highest BCUT2D eigenvalue weighted by Gasteiger charge is 2.27. The third-order valence-corrected chi connectivity index (χ3v) is 5.52. The topological polar surface area (TPSA) is 29.9 Å². The fourth-order valence-corrected chi connectivity index (χ4v) is 3.97. The maximum absolute atomic E-state index is 15.2. The Hall–Kier alpha value is -3.34. The highest BCUT2D eigenvalue weighted by Crippen LogP contribution is 2.41. The highest BCUT2D eigenvalue weighted by atomic mass is 19.1. The zero-order valence-corrected chi connectivity index (χ0v) is 15.7. The van der Waals surface area contributed by atoms with Crippen LogP contribution < -0.4 is 4.57 Å². The fraction of sp³-hybridized carbons (Fsp3) is 0.130. The smallest absolute Gasteiger partial charge is 0.230 e. The van der Waals surface area contributed by atoms with Gasteiger partial charge in [-0.1, -0.05) is 18.2 Å². The zero-order valence-electron chi connectivity index (χ0n) is 15.7. The summed E-state index contributed by atoms with van der Waals surface area (Å²) in [5.74, 6) is -1.01. The molecule has 138 valence electrons. The van der Waals surface area contributed by atoms with Crippen LogP contribution >= 0.6 is 0 Å². The molecular formula is C23H17F2N2O+. The van der Waals surface area contributed by atoms with E-state index in [1.807, 2.05) is 55.1 Å².